The van der Waals surface area contributed by atoms with E-state index in [1.54, 1.807) is 0 Å². The Bertz CT molecular complexity index is 347. The number of ether oxygens (including phenoxy) is 1. The van der Waals surface area contributed by atoms with Gasteiger partial charge in [-0.15, -0.1) is 0 Å². The number of fused-ring (bicyclic) bond motifs is 1. The first-order valence-electron chi connectivity index (χ1n) is 4.29. The zero-order chi connectivity index (χ0) is 9.26. The molecule has 1 N–H and O–H groups in total. The Morgan fingerprint density at radius 2 is 2.38 bits per heavy atom. The Balaban J connectivity index is 2.25. The summed E-state index contributed by atoms with van der Waals surface area (Å²) in [5, 5.41) is 2.72. The first-order chi connectivity index (χ1) is 6.25. The summed E-state index contributed by atoms with van der Waals surface area (Å²) in [6.45, 7) is 2.24. The number of carbonyl (C=O) groups is 1. The standard InChI is InChI=1S/C10H11NO2/c1-7(12)11-9-3-2-8-4-5-13-10(8)6-9/h2-3,6H,4-5H2,1H3,(H,11,12). The third-order valence-corrected chi connectivity index (χ3v) is 2.02. The molecule has 0 aromatic heterocycles. The molecule has 0 spiro atoms. The Labute approximate surface area is 76.7 Å². The summed E-state index contributed by atoms with van der Waals surface area (Å²) in [6.07, 6.45) is 0.968. The fraction of sp³-hybridized carbons (Fsp3) is 0.300. The molecule has 13 heavy (non-hydrogen) atoms. The maximum Gasteiger partial charge on any atom is 0.221 e. The first-order valence-corrected chi connectivity index (χ1v) is 4.29. The van der Waals surface area contributed by atoms with E-state index in [2.05, 4.69) is 5.32 Å². The highest BCUT2D eigenvalue weighted by Gasteiger charge is 2.11. The van der Waals surface area contributed by atoms with Crippen molar-refractivity contribution in [1.29, 1.82) is 0 Å². The number of amides is 1. The summed E-state index contributed by atoms with van der Waals surface area (Å²) < 4.78 is 5.37. The van der Waals surface area contributed by atoms with Gasteiger partial charge < -0.3 is 10.1 Å². The van der Waals surface area contributed by atoms with Crippen LogP contribution in [-0.2, 0) is 11.2 Å². The normalized spacial score (nSPS) is 13.3. The van der Waals surface area contributed by atoms with Gasteiger partial charge in [0.2, 0.25) is 5.91 Å². The van der Waals surface area contributed by atoms with Crippen LogP contribution in [0.2, 0.25) is 0 Å². The maximum atomic E-state index is 10.8. The molecule has 1 aromatic rings. The van der Waals surface area contributed by atoms with E-state index in [9.17, 15) is 4.79 Å². The minimum atomic E-state index is -0.0575. The van der Waals surface area contributed by atoms with Crippen LogP contribution in [0.3, 0.4) is 0 Å². The quantitative estimate of drug-likeness (QED) is 0.707. The minimum absolute atomic E-state index is 0.0575. The molecule has 0 saturated carbocycles. The predicted octanol–water partition coefficient (Wildman–Crippen LogP) is 1.58. The molecule has 2 rings (SSSR count). The Morgan fingerprint density at radius 3 is 3.15 bits per heavy atom. The number of anilines is 1. The lowest BCUT2D eigenvalue weighted by Gasteiger charge is -2.03. The highest BCUT2D eigenvalue weighted by atomic mass is 16.5. The molecule has 1 aromatic carbocycles. The fourth-order valence-electron chi connectivity index (χ4n) is 1.45. The van der Waals surface area contributed by atoms with E-state index in [0.29, 0.717) is 0 Å². The van der Waals surface area contributed by atoms with Crippen LogP contribution in [-0.4, -0.2) is 12.5 Å². The van der Waals surface area contributed by atoms with Gasteiger partial charge in [0.25, 0.3) is 0 Å². The highest BCUT2D eigenvalue weighted by Crippen LogP contribution is 2.28. The molecule has 0 atom stereocenters. The van der Waals surface area contributed by atoms with E-state index < -0.39 is 0 Å². The van der Waals surface area contributed by atoms with Crippen LogP contribution in [0.25, 0.3) is 0 Å². The van der Waals surface area contributed by atoms with Crippen molar-refractivity contribution in [2.24, 2.45) is 0 Å². The number of hydrogen-bond donors (Lipinski definition) is 1. The van der Waals surface area contributed by atoms with Gasteiger partial charge in [-0.3, -0.25) is 4.79 Å². The lowest BCUT2D eigenvalue weighted by molar-refractivity contribution is -0.114. The smallest absolute Gasteiger partial charge is 0.221 e. The van der Waals surface area contributed by atoms with Crippen LogP contribution < -0.4 is 10.1 Å². The van der Waals surface area contributed by atoms with E-state index in [4.69, 9.17) is 4.74 Å². The minimum Gasteiger partial charge on any atom is -0.493 e. The number of nitrogens with one attached hydrogen (secondary N) is 1. The summed E-state index contributed by atoms with van der Waals surface area (Å²) >= 11 is 0. The molecule has 68 valence electrons. The molecular weight excluding hydrogens is 166 g/mol. The van der Waals surface area contributed by atoms with Crippen molar-refractivity contribution in [3.8, 4) is 5.75 Å². The van der Waals surface area contributed by atoms with Gasteiger partial charge in [0.05, 0.1) is 6.61 Å². The number of carbonyl (C=O) groups excluding carboxylic acids is 1. The Morgan fingerprint density at radius 1 is 1.54 bits per heavy atom. The fourth-order valence-corrected chi connectivity index (χ4v) is 1.45. The SMILES string of the molecule is CC(=O)Nc1ccc2c(c1)OCC2. The van der Waals surface area contributed by atoms with Crippen LogP contribution in [0.4, 0.5) is 5.69 Å². The van der Waals surface area contributed by atoms with E-state index in [1.165, 1.54) is 12.5 Å². The summed E-state index contributed by atoms with van der Waals surface area (Å²) in [5.74, 6) is 0.837. The summed E-state index contributed by atoms with van der Waals surface area (Å²) in [6, 6.07) is 5.76. The zero-order valence-electron chi connectivity index (χ0n) is 7.46. The number of benzene rings is 1. The first kappa shape index (κ1) is 8.10. The molecule has 0 radical (unpaired) electrons. The third kappa shape index (κ3) is 1.64. The van der Waals surface area contributed by atoms with Gasteiger partial charge in [-0.1, -0.05) is 6.07 Å². The second-order valence-corrected chi connectivity index (χ2v) is 3.10. The molecular formula is C10H11NO2. The molecule has 0 fully saturated rings. The van der Waals surface area contributed by atoms with Crippen molar-refractivity contribution in [3.05, 3.63) is 23.8 Å². The van der Waals surface area contributed by atoms with Gasteiger partial charge in [-0.2, -0.15) is 0 Å². The van der Waals surface area contributed by atoms with E-state index in [-0.39, 0.29) is 5.91 Å². The lowest BCUT2D eigenvalue weighted by atomic mass is 10.1. The third-order valence-electron chi connectivity index (χ3n) is 2.02. The lowest BCUT2D eigenvalue weighted by Crippen LogP contribution is -2.05. The van der Waals surface area contributed by atoms with Crippen LogP contribution in [0.5, 0.6) is 5.75 Å². The second-order valence-electron chi connectivity index (χ2n) is 3.10. The van der Waals surface area contributed by atoms with Gasteiger partial charge in [-0.05, 0) is 11.6 Å². The van der Waals surface area contributed by atoms with Crippen LogP contribution in [0.15, 0.2) is 18.2 Å². The van der Waals surface area contributed by atoms with Crippen molar-refractivity contribution in [2.45, 2.75) is 13.3 Å². The van der Waals surface area contributed by atoms with Gasteiger partial charge in [0.1, 0.15) is 5.75 Å². The van der Waals surface area contributed by atoms with Crippen molar-refractivity contribution in [1.82, 2.24) is 0 Å². The molecule has 0 bridgehead atoms. The monoisotopic (exact) mass is 177 g/mol. The second kappa shape index (κ2) is 3.09. The Kier molecular flexibility index (Phi) is 1.93. The topological polar surface area (TPSA) is 38.3 Å². The van der Waals surface area contributed by atoms with Crippen LogP contribution in [0.1, 0.15) is 12.5 Å². The van der Waals surface area contributed by atoms with Crippen molar-refractivity contribution < 1.29 is 9.53 Å². The molecule has 1 heterocycles. The number of rotatable bonds is 1. The van der Waals surface area contributed by atoms with Gasteiger partial charge in [0, 0.05) is 25.1 Å². The molecule has 0 aliphatic carbocycles. The summed E-state index contributed by atoms with van der Waals surface area (Å²) in [7, 11) is 0. The van der Waals surface area contributed by atoms with Crippen LogP contribution >= 0.6 is 0 Å². The zero-order valence-corrected chi connectivity index (χ0v) is 7.46. The van der Waals surface area contributed by atoms with Gasteiger partial charge in [-0.25, -0.2) is 0 Å². The van der Waals surface area contributed by atoms with E-state index in [1.807, 2.05) is 18.2 Å². The molecule has 1 amide bonds. The maximum absolute atomic E-state index is 10.8. The molecule has 3 heteroatoms. The summed E-state index contributed by atoms with van der Waals surface area (Å²) in [4.78, 5) is 10.8. The molecule has 1 aliphatic heterocycles. The average molecular weight is 177 g/mol. The van der Waals surface area contributed by atoms with Crippen molar-refractivity contribution in [2.75, 3.05) is 11.9 Å². The van der Waals surface area contributed by atoms with E-state index >= 15 is 0 Å². The number of hydrogen-bond acceptors (Lipinski definition) is 2. The van der Waals surface area contributed by atoms with Gasteiger partial charge in [0.15, 0.2) is 0 Å². The van der Waals surface area contributed by atoms with Gasteiger partial charge >= 0.3 is 0 Å². The van der Waals surface area contributed by atoms with Crippen LogP contribution in [0, 0.1) is 0 Å². The Hall–Kier alpha value is -1.51. The average Bonchev–Trinajstić information content (AvgIpc) is 2.49. The highest BCUT2D eigenvalue weighted by molar-refractivity contribution is 5.88. The molecule has 3 nitrogen and oxygen atoms in total. The summed E-state index contributed by atoms with van der Waals surface area (Å²) in [5.41, 5.74) is 2.02. The predicted molar refractivity (Wildman–Crippen MR) is 49.9 cm³/mol. The van der Waals surface area contributed by atoms with Crippen molar-refractivity contribution in [3.63, 3.8) is 0 Å². The largest absolute Gasteiger partial charge is 0.493 e. The molecule has 0 unspecified atom stereocenters. The molecule has 1 aliphatic rings. The van der Waals surface area contributed by atoms with E-state index in [0.717, 1.165) is 24.5 Å². The molecule has 0 saturated heterocycles. The van der Waals surface area contributed by atoms with Crippen molar-refractivity contribution >= 4 is 11.6 Å².